The van der Waals surface area contributed by atoms with Crippen LogP contribution in [-0.4, -0.2) is 27.9 Å². The van der Waals surface area contributed by atoms with Gasteiger partial charge >= 0.3 is 6.18 Å². The third kappa shape index (κ3) is 7.38. The molecule has 4 aromatic rings. The average Bonchev–Trinajstić information content (AvgIpc) is 3.58. The van der Waals surface area contributed by atoms with Crippen LogP contribution >= 0.6 is 11.6 Å². The Hall–Kier alpha value is -4.31. The van der Waals surface area contributed by atoms with Crippen molar-refractivity contribution in [3.8, 4) is 11.3 Å². The summed E-state index contributed by atoms with van der Waals surface area (Å²) < 4.78 is 47.2. The number of halogens is 4. The zero-order chi connectivity index (χ0) is 28.0. The van der Waals surface area contributed by atoms with Crippen molar-refractivity contribution in [3.05, 3.63) is 106 Å². The van der Waals surface area contributed by atoms with E-state index >= 15 is 0 Å². The predicted molar refractivity (Wildman–Crippen MR) is 141 cm³/mol. The van der Waals surface area contributed by atoms with E-state index in [9.17, 15) is 22.8 Å². The number of nitrogens with one attached hydrogen (secondary N) is 2. The van der Waals surface area contributed by atoms with Crippen LogP contribution in [0.25, 0.3) is 17.4 Å². The maximum Gasteiger partial charge on any atom is 0.416 e. The van der Waals surface area contributed by atoms with Gasteiger partial charge in [0.25, 0.3) is 11.8 Å². The molecule has 0 unspecified atom stereocenters. The molecule has 4 rings (SSSR count). The summed E-state index contributed by atoms with van der Waals surface area (Å²) in [4.78, 5) is 29.8. The molecular formula is C28H24ClF3N4O3. The van der Waals surface area contributed by atoms with E-state index in [-0.39, 0.29) is 27.8 Å². The summed E-state index contributed by atoms with van der Waals surface area (Å²) in [7, 11) is 0. The fraction of sp³-hybridized carbons (Fsp3) is 0.179. The molecule has 0 fully saturated rings. The summed E-state index contributed by atoms with van der Waals surface area (Å²) in [6.07, 6.45) is 2.49. The maximum atomic E-state index is 13.2. The molecule has 0 atom stereocenters. The van der Waals surface area contributed by atoms with Gasteiger partial charge in [0.1, 0.15) is 17.2 Å². The number of carbonyl (C=O) groups excluding carboxylic acids is 2. The molecule has 0 saturated carbocycles. The lowest BCUT2D eigenvalue weighted by Crippen LogP contribution is -2.35. The number of hydrogen-bond donors (Lipinski definition) is 2. The van der Waals surface area contributed by atoms with Gasteiger partial charge in [0.2, 0.25) is 0 Å². The summed E-state index contributed by atoms with van der Waals surface area (Å²) in [6, 6.07) is 12.6. The monoisotopic (exact) mass is 556 g/mol. The fourth-order valence-corrected chi connectivity index (χ4v) is 3.85. The number of aromatic nitrogens is 2. The van der Waals surface area contributed by atoms with Gasteiger partial charge in [0.05, 0.1) is 16.9 Å². The fourth-order valence-electron chi connectivity index (χ4n) is 3.64. The molecule has 39 heavy (non-hydrogen) atoms. The van der Waals surface area contributed by atoms with Gasteiger partial charge in [-0.25, -0.2) is 4.98 Å². The van der Waals surface area contributed by atoms with Gasteiger partial charge in [-0.15, -0.1) is 0 Å². The van der Waals surface area contributed by atoms with Crippen LogP contribution < -0.4 is 10.6 Å². The van der Waals surface area contributed by atoms with Crippen LogP contribution in [-0.2, 0) is 17.5 Å². The predicted octanol–water partition coefficient (Wildman–Crippen LogP) is 6.10. The molecule has 0 bridgehead atoms. The number of rotatable bonds is 9. The quantitative estimate of drug-likeness (QED) is 0.192. The van der Waals surface area contributed by atoms with E-state index in [4.69, 9.17) is 16.0 Å². The first-order valence-corrected chi connectivity index (χ1v) is 12.3. The lowest BCUT2D eigenvalue weighted by atomic mass is 10.1. The number of aryl methyl sites for hydroxylation is 2. The summed E-state index contributed by atoms with van der Waals surface area (Å²) in [5.74, 6) is -0.868. The Balaban J connectivity index is 1.56. The Labute approximate surface area is 227 Å². The number of benzene rings is 2. The molecule has 0 spiro atoms. The highest BCUT2D eigenvalue weighted by molar-refractivity contribution is 6.33. The van der Waals surface area contributed by atoms with Crippen molar-refractivity contribution in [2.45, 2.75) is 26.1 Å². The number of nitrogens with zero attached hydrogens (tertiary/aromatic N) is 2. The van der Waals surface area contributed by atoms with Crippen LogP contribution in [0.5, 0.6) is 0 Å². The molecule has 2 amide bonds. The highest BCUT2D eigenvalue weighted by Gasteiger charge is 2.31. The molecule has 2 aromatic carbocycles. The van der Waals surface area contributed by atoms with E-state index in [1.54, 1.807) is 43.0 Å². The van der Waals surface area contributed by atoms with Crippen LogP contribution in [0.2, 0.25) is 5.02 Å². The van der Waals surface area contributed by atoms with Gasteiger partial charge < -0.3 is 19.6 Å². The first-order valence-electron chi connectivity index (χ1n) is 11.9. The van der Waals surface area contributed by atoms with Crippen molar-refractivity contribution >= 4 is 29.5 Å². The molecule has 0 radical (unpaired) electrons. The van der Waals surface area contributed by atoms with Gasteiger partial charge in [0, 0.05) is 42.7 Å². The van der Waals surface area contributed by atoms with Crippen molar-refractivity contribution in [2.75, 3.05) is 6.54 Å². The van der Waals surface area contributed by atoms with Gasteiger partial charge in [-0.05, 0) is 55.8 Å². The Morgan fingerprint density at radius 3 is 2.56 bits per heavy atom. The Bertz CT molecular complexity index is 1480. The first-order chi connectivity index (χ1) is 18.6. The molecule has 2 N–H and O–H groups in total. The highest BCUT2D eigenvalue weighted by atomic mass is 35.5. The second-order valence-corrected chi connectivity index (χ2v) is 9.09. The molecule has 0 aliphatic heterocycles. The average molecular weight is 557 g/mol. The minimum Gasteiger partial charge on any atom is -0.457 e. The molecular weight excluding hydrogens is 533 g/mol. The van der Waals surface area contributed by atoms with Crippen LogP contribution in [0.15, 0.2) is 83.4 Å². The van der Waals surface area contributed by atoms with E-state index in [0.29, 0.717) is 25.1 Å². The Morgan fingerprint density at radius 2 is 1.87 bits per heavy atom. The van der Waals surface area contributed by atoms with E-state index in [1.165, 1.54) is 18.2 Å². The van der Waals surface area contributed by atoms with Crippen LogP contribution in [0.3, 0.4) is 0 Å². The van der Waals surface area contributed by atoms with Crippen molar-refractivity contribution in [1.29, 1.82) is 0 Å². The minimum absolute atomic E-state index is 0.0420. The second kappa shape index (κ2) is 12.0. The molecule has 0 aliphatic carbocycles. The minimum atomic E-state index is -4.56. The van der Waals surface area contributed by atoms with Gasteiger partial charge in [-0.2, -0.15) is 13.2 Å². The molecule has 0 aliphatic rings. The van der Waals surface area contributed by atoms with Crippen LogP contribution in [0.4, 0.5) is 13.2 Å². The summed E-state index contributed by atoms with van der Waals surface area (Å²) in [6.45, 7) is 2.84. The topological polar surface area (TPSA) is 89.2 Å². The second-order valence-electron chi connectivity index (χ2n) is 8.68. The summed E-state index contributed by atoms with van der Waals surface area (Å²) in [5, 5.41) is 5.43. The zero-order valence-electron chi connectivity index (χ0n) is 20.8. The number of carbonyl (C=O) groups is 2. The number of alkyl halides is 3. The van der Waals surface area contributed by atoms with Gasteiger partial charge in [-0.3, -0.25) is 9.59 Å². The smallest absolute Gasteiger partial charge is 0.416 e. The van der Waals surface area contributed by atoms with E-state index in [2.05, 4.69) is 15.6 Å². The number of furan rings is 1. The Morgan fingerprint density at radius 1 is 1.10 bits per heavy atom. The van der Waals surface area contributed by atoms with E-state index in [1.807, 2.05) is 11.5 Å². The molecule has 2 heterocycles. The first kappa shape index (κ1) is 27.7. The molecule has 7 nitrogen and oxygen atoms in total. The molecule has 2 aromatic heterocycles. The van der Waals surface area contributed by atoms with Crippen LogP contribution in [0.1, 0.15) is 33.7 Å². The third-order valence-corrected chi connectivity index (χ3v) is 6.05. The molecule has 202 valence electrons. The number of amides is 2. The lowest BCUT2D eigenvalue weighted by molar-refractivity contribution is -0.137. The molecule has 11 heteroatoms. The standard InChI is InChI=1S/C28H24ClF3N4O3/c1-18-3-5-19(6-4-18)26(37)35-24(27(38)34-11-2-13-36-14-12-33-17-36)16-21-8-10-25(39-21)22-15-20(28(30,31)32)7-9-23(22)29/h3-10,12,14-17H,2,11,13H2,1H3,(H,34,38)(H,35,37). The maximum absolute atomic E-state index is 13.2. The van der Waals surface area contributed by atoms with Crippen molar-refractivity contribution < 1.29 is 27.2 Å². The van der Waals surface area contributed by atoms with E-state index in [0.717, 1.165) is 23.8 Å². The van der Waals surface area contributed by atoms with Gasteiger partial charge in [-0.1, -0.05) is 29.3 Å². The lowest BCUT2D eigenvalue weighted by Gasteiger charge is -2.11. The van der Waals surface area contributed by atoms with Crippen molar-refractivity contribution in [1.82, 2.24) is 20.2 Å². The van der Waals surface area contributed by atoms with Gasteiger partial charge in [0.15, 0.2) is 0 Å². The normalized spacial score (nSPS) is 11.9. The van der Waals surface area contributed by atoms with E-state index < -0.39 is 23.6 Å². The summed E-state index contributed by atoms with van der Waals surface area (Å²) >= 11 is 6.13. The third-order valence-electron chi connectivity index (χ3n) is 5.72. The van der Waals surface area contributed by atoms with Crippen molar-refractivity contribution in [3.63, 3.8) is 0 Å². The highest BCUT2D eigenvalue weighted by Crippen LogP contribution is 2.36. The van der Waals surface area contributed by atoms with Crippen LogP contribution in [0, 0.1) is 6.92 Å². The summed E-state index contributed by atoms with van der Waals surface area (Å²) in [5.41, 5.74) is 0.376. The SMILES string of the molecule is Cc1ccc(C(=O)NC(=Cc2ccc(-c3cc(C(F)(F)F)ccc3Cl)o2)C(=O)NCCCn2ccnc2)cc1. The molecule has 0 saturated heterocycles. The number of imidazole rings is 1. The number of hydrogen-bond acceptors (Lipinski definition) is 4. The zero-order valence-corrected chi connectivity index (χ0v) is 21.5. The largest absolute Gasteiger partial charge is 0.457 e. The van der Waals surface area contributed by atoms with Crippen molar-refractivity contribution in [2.24, 2.45) is 0 Å². The Kier molecular flexibility index (Phi) is 8.55.